The van der Waals surface area contributed by atoms with Crippen molar-refractivity contribution in [1.82, 2.24) is 15.0 Å². The standard InChI is InChI=1S/C12H22N6O/c1-4-18(5-2)12-16-10(13)15-11(17-12)14-8-6-9(7-8)19-3/h8-9H,4-7H2,1-3H3,(H3,13,14,15,16,17). The fourth-order valence-corrected chi connectivity index (χ4v) is 2.15. The molecule has 1 aromatic heterocycles. The van der Waals surface area contributed by atoms with Crippen LogP contribution in [0.1, 0.15) is 26.7 Å². The van der Waals surface area contributed by atoms with Crippen molar-refractivity contribution in [2.45, 2.75) is 38.8 Å². The van der Waals surface area contributed by atoms with Gasteiger partial charge in [0.2, 0.25) is 17.8 Å². The molecule has 2 rings (SSSR count). The van der Waals surface area contributed by atoms with Crippen molar-refractivity contribution in [3.63, 3.8) is 0 Å². The molecule has 1 aliphatic rings. The molecule has 3 N–H and O–H groups in total. The molecule has 19 heavy (non-hydrogen) atoms. The fraction of sp³-hybridized carbons (Fsp3) is 0.750. The number of anilines is 3. The summed E-state index contributed by atoms with van der Waals surface area (Å²) in [5, 5.41) is 3.28. The number of nitrogens with one attached hydrogen (secondary N) is 1. The average Bonchev–Trinajstić information content (AvgIpc) is 2.34. The summed E-state index contributed by atoms with van der Waals surface area (Å²) in [5.41, 5.74) is 5.74. The number of nitrogens with zero attached hydrogens (tertiary/aromatic N) is 4. The van der Waals surface area contributed by atoms with E-state index in [0.29, 0.717) is 24.0 Å². The molecule has 0 saturated heterocycles. The lowest BCUT2D eigenvalue weighted by Gasteiger charge is -2.34. The van der Waals surface area contributed by atoms with Gasteiger partial charge in [0.25, 0.3) is 0 Å². The van der Waals surface area contributed by atoms with Gasteiger partial charge in [-0.15, -0.1) is 0 Å². The summed E-state index contributed by atoms with van der Waals surface area (Å²) in [6.45, 7) is 5.81. The van der Waals surface area contributed by atoms with E-state index in [1.54, 1.807) is 7.11 Å². The minimum absolute atomic E-state index is 0.252. The largest absolute Gasteiger partial charge is 0.381 e. The van der Waals surface area contributed by atoms with Crippen LogP contribution in [0, 0.1) is 0 Å². The molecule has 1 aliphatic carbocycles. The molecule has 7 nitrogen and oxygen atoms in total. The first-order chi connectivity index (χ1) is 9.16. The Bertz CT molecular complexity index is 417. The Morgan fingerprint density at radius 3 is 2.53 bits per heavy atom. The average molecular weight is 266 g/mol. The van der Waals surface area contributed by atoms with E-state index in [4.69, 9.17) is 10.5 Å². The van der Waals surface area contributed by atoms with Crippen LogP contribution in [-0.4, -0.2) is 47.3 Å². The molecule has 7 heteroatoms. The molecule has 0 aromatic carbocycles. The van der Waals surface area contributed by atoms with Crippen LogP contribution in [0.3, 0.4) is 0 Å². The number of methoxy groups -OCH3 is 1. The molecule has 0 radical (unpaired) electrons. The smallest absolute Gasteiger partial charge is 0.231 e. The van der Waals surface area contributed by atoms with Gasteiger partial charge in [-0.3, -0.25) is 0 Å². The van der Waals surface area contributed by atoms with Crippen molar-refractivity contribution in [2.24, 2.45) is 0 Å². The lowest BCUT2D eigenvalue weighted by atomic mass is 9.89. The quantitative estimate of drug-likeness (QED) is 0.790. The van der Waals surface area contributed by atoms with Crippen LogP contribution in [0.5, 0.6) is 0 Å². The minimum atomic E-state index is 0.252. The van der Waals surface area contributed by atoms with Gasteiger partial charge < -0.3 is 20.7 Å². The number of hydrogen-bond acceptors (Lipinski definition) is 7. The predicted octanol–water partition coefficient (Wildman–Crippen LogP) is 0.889. The van der Waals surface area contributed by atoms with Crippen molar-refractivity contribution in [2.75, 3.05) is 36.1 Å². The van der Waals surface area contributed by atoms with Crippen molar-refractivity contribution in [1.29, 1.82) is 0 Å². The number of aromatic nitrogens is 3. The highest BCUT2D eigenvalue weighted by Crippen LogP contribution is 2.25. The van der Waals surface area contributed by atoms with E-state index in [0.717, 1.165) is 25.9 Å². The van der Waals surface area contributed by atoms with E-state index in [-0.39, 0.29) is 5.95 Å². The van der Waals surface area contributed by atoms with E-state index < -0.39 is 0 Å². The normalized spacial score (nSPS) is 21.8. The molecular formula is C12H22N6O. The van der Waals surface area contributed by atoms with Crippen molar-refractivity contribution >= 4 is 17.8 Å². The molecule has 1 heterocycles. The van der Waals surface area contributed by atoms with E-state index in [2.05, 4.69) is 34.1 Å². The van der Waals surface area contributed by atoms with Crippen LogP contribution in [0.15, 0.2) is 0 Å². The zero-order valence-electron chi connectivity index (χ0n) is 11.8. The second-order valence-electron chi connectivity index (χ2n) is 4.66. The maximum Gasteiger partial charge on any atom is 0.231 e. The highest BCUT2D eigenvalue weighted by Gasteiger charge is 2.29. The van der Waals surface area contributed by atoms with Crippen LogP contribution >= 0.6 is 0 Å². The Kier molecular flexibility index (Phi) is 4.36. The molecule has 1 saturated carbocycles. The third kappa shape index (κ3) is 3.23. The van der Waals surface area contributed by atoms with Gasteiger partial charge in [0, 0.05) is 26.2 Å². The molecule has 0 unspecified atom stereocenters. The lowest BCUT2D eigenvalue weighted by molar-refractivity contribution is 0.0327. The minimum Gasteiger partial charge on any atom is -0.381 e. The summed E-state index contributed by atoms with van der Waals surface area (Å²) in [5.74, 6) is 1.43. The third-order valence-corrected chi connectivity index (χ3v) is 3.45. The topological polar surface area (TPSA) is 89.2 Å². The number of hydrogen-bond donors (Lipinski definition) is 2. The maximum absolute atomic E-state index is 5.74. The van der Waals surface area contributed by atoms with E-state index in [9.17, 15) is 0 Å². The van der Waals surface area contributed by atoms with Gasteiger partial charge in [-0.05, 0) is 26.7 Å². The molecule has 0 spiro atoms. The Morgan fingerprint density at radius 1 is 1.26 bits per heavy atom. The van der Waals surface area contributed by atoms with Crippen molar-refractivity contribution < 1.29 is 4.74 Å². The van der Waals surface area contributed by atoms with Gasteiger partial charge in [0.05, 0.1) is 6.10 Å². The molecule has 0 amide bonds. The fourth-order valence-electron chi connectivity index (χ4n) is 2.15. The van der Waals surface area contributed by atoms with Gasteiger partial charge in [0.1, 0.15) is 0 Å². The van der Waals surface area contributed by atoms with Gasteiger partial charge in [-0.1, -0.05) is 0 Å². The summed E-state index contributed by atoms with van der Waals surface area (Å²) in [6, 6.07) is 0.358. The van der Waals surface area contributed by atoms with Crippen molar-refractivity contribution in [3.05, 3.63) is 0 Å². The molecule has 106 valence electrons. The van der Waals surface area contributed by atoms with Crippen LogP contribution in [0.25, 0.3) is 0 Å². The van der Waals surface area contributed by atoms with Crippen LogP contribution in [0.2, 0.25) is 0 Å². The third-order valence-electron chi connectivity index (χ3n) is 3.45. The van der Waals surface area contributed by atoms with Crippen LogP contribution < -0.4 is 16.0 Å². The number of ether oxygens (including phenoxy) is 1. The first-order valence-corrected chi connectivity index (χ1v) is 6.72. The predicted molar refractivity (Wildman–Crippen MR) is 75.2 cm³/mol. The molecular weight excluding hydrogens is 244 g/mol. The molecule has 1 aromatic rings. The Balaban J connectivity index is 2.04. The Hall–Kier alpha value is -1.63. The van der Waals surface area contributed by atoms with E-state index in [1.807, 2.05) is 4.90 Å². The number of nitrogens with two attached hydrogens (primary N) is 1. The second-order valence-corrected chi connectivity index (χ2v) is 4.66. The Labute approximate surface area is 113 Å². The molecule has 1 fully saturated rings. The van der Waals surface area contributed by atoms with Crippen molar-refractivity contribution in [3.8, 4) is 0 Å². The first-order valence-electron chi connectivity index (χ1n) is 6.72. The zero-order valence-corrected chi connectivity index (χ0v) is 11.8. The number of rotatable bonds is 6. The maximum atomic E-state index is 5.74. The summed E-state index contributed by atoms with van der Waals surface area (Å²) in [4.78, 5) is 14.8. The summed E-state index contributed by atoms with van der Waals surface area (Å²) < 4.78 is 5.25. The van der Waals surface area contributed by atoms with Crippen LogP contribution in [0.4, 0.5) is 17.8 Å². The van der Waals surface area contributed by atoms with Crippen LogP contribution in [-0.2, 0) is 4.74 Å². The highest BCUT2D eigenvalue weighted by molar-refractivity contribution is 5.42. The van der Waals surface area contributed by atoms with E-state index in [1.165, 1.54) is 0 Å². The second kappa shape index (κ2) is 6.01. The van der Waals surface area contributed by atoms with Gasteiger partial charge in [-0.25, -0.2) is 0 Å². The summed E-state index contributed by atoms with van der Waals surface area (Å²) in [6.07, 6.45) is 2.30. The Morgan fingerprint density at radius 2 is 1.95 bits per heavy atom. The monoisotopic (exact) mass is 266 g/mol. The molecule has 0 bridgehead atoms. The van der Waals surface area contributed by atoms with Gasteiger partial charge in [-0.2, -0.15) is 15.0 Å². The lowest BCUT2D eigenvalue weighted by Crippen LogP contribution is -2.40. The summed E-state index contributed by atoms with van der Waals surface area (Å²) in [7, 11) is 1.74. The molecule has 0 aliphatic heterocycles. The van der Waals surface area contributed by atoms with Gasteiger partial charge >= 0.3 is 0 Å². The summed E-state index contributed by atoms with van der Waals surface area (Å²) >= 11 is 0. The highest BCUT2D eigenvalue weighted by atomic mass is 16.5. The van der Waals surface area contributed by atoms with E-state index >= 15 is 0 Å². The SMILES string of the molecule is CCN(CC)c1nc(N)nc(NC2CC(OC)C2)n1. The first kappa shape index (κ1) is 13.8. The molecule has 0 atom stereocenters. The zero-order chi connectivity index (χ0) is 13.8. The van der Waals surface area contributed by atoms with Gasteiger partial charge in [0.15, 0.2) is 0 Å². The number of nitrogen functional groups attached to an aromatic ring is 1.